The Morgan fingerprint density at radius 2 is 1.90 bits per heavy atom. The first kappa shape index (κ1) is 25.0. The monoisotopic (exact) mass is 536 g/mol. The van der Waals surface area contributed by atoms with Gasteiger partial charge in [0.2, 0.25) is 11.8 Å². The van der Waals surface area contributed by atoms with Gasteiger partial charge in [0, 0.05) is 49.6 Å². The van der Waals surface area contributed by atoms with Crippen LogP contribution < -0.4 is 10.2 Å². The first-order valence-corrected chi connectivity index (χ1v) is 14.2. The lowest BCUT2D eigenvalue weighted by molar-refractivity contribution is -0.134. The topological polar surface area (TPSA) is 111 Å². The summed E-state index contributed by atoms with van der Waals surface area (Å²) in [4.78, 5) is 41.7. The minimum absolute atomic E-state index is 0.0605. The van der Waals surface area contributed by atoms with Gasteiger partial charge in [0.1, 0.15) is 6.04 Å². The fourth-order valence-electron chi connectivity index (χ4n) is 6.73. The van der Waals surface area contributed by atoms with Crippen LogP contribution in [-0.4, -0.2) is 58.1 Å². The van der Waals surface area contributed by atoms with Crippen LogP contribution in [0.1, 0.15) is 66.9 Å². The average molecular weight is 537 g/mol. The molecular formula is C31H32N6O3. The molecule has 1 N–H and O–H groups in total. The molecule has 2 aromatic carbocycles. The summed E-state index contributed by atoms with van der Waals surface area (Å²) in [5.74, 6) is -0.906. The zero-order chi connectivity index (χ0) is 27.6. The van der Waals surface area contributed by atoms with Crippen LogP contribution in [0.15, 0.2) is 42.7 Å². The highest BCUT2D eigenvalue weighted by molar-refractivity contribution is 6.27. The lowest BCUT2D eigenvalue weighted by Gasteiger charge is -2.40. The third-order valence-electron chi connectivity index (χ3n) is 9.47. The normalized spacial score (nSPS) is 23.4. The third-order valence-corrected chi connectivity index (χ3v) is 9.47. The van der Waals surface area contributed by atoms with Gasteiger partial charge in [0.25, 0.3) is 5.91 Å². The Balaban J connectivity index is 1.11. The van der Waals surface area contributed by atoms with Crippen molar-refractivity contribution in [2.75, 3.05) is 24.5 Å². The Kier molecular flexibility index (Phi) is 5.62. The summed E-state index contributed by atoms with van der Waals surface area (Å²) in [7, 11) is 0. The van der Waals surface area contributed by atoms with Crippen LogP contribution in [0.4, 0.5) is 5.69 Å². The first-order chi connectivity index (χ1) is 19.3. The number of aromatic nitrogens is 2. The molecule has 40 heavy (non-hydrogen) atoms. The van der Waals surface area contributed by atoms with Crippen LogP contribution in [0.2, 0.25) is 0 Å². The van der Waals surface area contributed by atoms with E-state index in [0.717, 1.165) is 72.9 Å². The number of carbonyl (C=O) groups is 3. The highest BCUT2D eigenvalue weighted by atomic mass is 16.2. The number of hydrogen-bond donors (Lipinski definition) is 1. The van der Waals surface area contributed by atoms with E-state index in [0.29, 0.717) is 18.4 Å². The van der Waals surface area contributed by atoms with Crippen LogP contribution in [-0.2, 0) is 21.5 Å². The number of piperidine rings is 2. The number of nitrogens with zero attached hydrogens (tertiary/aromatic N) is 5. The van der Waals surface area contributed by atoms with Crippen LogP contribution in [0.25, 0.3) is 10.8 Å². The molecule has 204 valence electrons. The SMILES string of the molecule is CC1(n2cc(Cc3ccc4c5c(cccc35)C(=O)N4C3CCC(=O)NC3=O)cn2)CCN(CC2(C#N)CC2)CC1. The quantitative estimate of drug-likeness (QED) is 0.483. The van der Waals surface area contributed by atoms with Gasteiger partial charge in [-0.3, -0.25) is 29.3 Å². The molecule has 3 fully saturated rings. The molecule has 2 saturated heterocycles. The van der Waals surface area contributed by atoms with Crippen molar-refractivity contribution in [1.82, 2.24) is 20.0 Å². The maximum atomic E-state index is 13.4. The van der Waals surface area contributed by atoms with E-state index in [-0.39, 0.29) is 29.2 Å². The third kappa shape index (κ3) is 4.01. The second kappa shape index (κ2) is 9.00. The highest BCUT2D eigenvalue weighted by Crippen LogP contribution is 2.46. The maximum Gasteiger partial charge on any atom is 0.259 e. The molecule has 3 aromatic rings. The van der Waals surface area contributed by atoms with Crippen molar-refractivity contribution >= 4 is 34.2 Å². The Morgan fingerprint density at radius 1 is 1.10 bits per heavy atom. The molecule has 4 heterocycles. The molecule has 9 nitrogen and oxygen atoms in total. The summed E-state index contributed by atoms with van der Waals surface area (Å²) in [5, 5.41) is 18.5. The van der Waals surface area contributed by atoms with Crippen LogP contribution in [0, 0.1) is 16.7 Å². The van der Waals surface area contributed by atoms with Gasteiger partial charge in [0.15, 0.2) is 0 Å². The van der Waals surface area contributed by atoms with E-state index >= 15 is 0 Å². The maximum absolute atomic E-state index is 13.4. The van der Waals surface area contributed by atoms with E-state index in [2.05, 4.69) is 34.1 Å². The number of hydrogen-bond acceptors (Lipinski definition) is 6. The standard InChI is InChI=1S/C31H32N6O3/c1-30(11-13-35(14-12-30)19-31(18-32)9-10-31)36-17-20(16-33-36)15-21-5-6-24-27-22(21)3-2-4-23(27)29(40)37(24)25-7-8-26(38)34-28(25)39/h2-6,16-17,25H,7-15,19H2,1H3,(H,34,38,39). The van der Waals surface area contributed by atoms with Crippen molar-refractivity contribution in [3.63, 3.8) is 0 Å². The smallest absolute Gasteiger partial charge is 0.259 e. The minimum atomic E-state index is -0.688. The van der Waals surface area contributed by atoms with Gasteiger partial charge >= 0.3 is 0 Å². The number of carbonyl (C=O) groups excluding carboxylic acids is 3. The molecule has 7 rings (SSSR count). The number of rotatable bonds is 6. The van der Waals surface area contributed by atoms with E-state index in [9.17, 15) is 19.6 Å². The largest absolute Gasteiger partial charge is 0.302 e. The second-order valence-corrected chi connectivity index (χ2v) is 12.2. The Bertz CT molecular complexity index is 1600. The number of nitriles is 1. The molecule has 0 spiro atoms. The van der Waals surface area contributed by atoms with Gasteiger partial charge in [-0.05, 0) is 67.7 Å². The molecule has 1 unspecified atom stereocenters. The van der Waals surface area contributed by atoms with E-state index in [1.165, 1.54) is 0 Å². The van der Waals surface area contributed by atoms with Crippen molar-refractivity contribution in [2.45, 2.75) is 63.5 Å². The lowest BCUT2D eigenvalue weighted by Crippen LogP contribution is -2.53. The van der Waals surface area contributed by atoms with Crippen molar-refractivity contribution in [3.05, 3.63) is 59.4 Å². The predicted molar refractivity (Wildman–Crippen MR) is 149 cm³/mol. The van der Waals surface area contributed by atoms with E-state index in [1.807, 2.05) is 36.5 Å². The highest BCUT2D eigenvalue weighted by Gasteiger charge is 2.46. The summed E-state index contributed by atoms with van der Waals surface area (Å²) < 4.78 is 2.12. The second-order valence-electron chi connectivity index (χ2n) is 12.2. The Morgan fingerprint density at radius 3 is 2.62 bits per heavy atom. The number of amides is 3. The lowest BCUT2D eigenvalue weighted by atomic mass is 9.89. The minimum Gasteiger partial charge on any atom is -0.302 e. The predicted octanol–water partition coefficient (Wildman–Crippen LogP) is 3.51. The number of nitrogens with one attached hydrogen (secondary N) is 1. The van der Waals surface area contributed by atoms with Crippen LogP contribution in [0.3, 0.4) is 0 Å². The number of benzene rings is 2. The van der Waals surface area contributed by atoms with E-state index < -0.39 is 11.9 Å². The number of anilines is 1. The number of likely N-dealkylation sites (tertiary alicyclic amines) is 1. The Labute approximate surface area is 232 Å². The zero-order valence-corrected chi connectivity index (χ0v) is 22.7. The van der Waals surface area contributed by atoms with Crippen molar-refractivity contribution in [1.29, 1.82) is 5.26 Å². The van der Waals surface area contributed by atoms with Crippen LogP contribution >= 0.6 is 0 Å². The fourth-order valence-corrected chi connectivity index (χ4v) is 6.73. The van der Waals surface area contributed by atoms with Crippen molar-refractivity contribution < 1.29 is 14.4 Å². The zero-order valence-electron chi connectivity index (χ0n) is 22.7. The fraction of sp³-hybridized carbons (Fsp3) is 0.452. The Hall–Kier alpha value is -4.03. The summed E-state index contributed by atoms with van der Waals surface area (Å²) in [6.45, 7) is 5.11. The molecule has 1 saturated carbocycles. The molecule has 0 bridgehead atoms. The summed E-state index contributed by atoms with van der Waals surface area (Å²) in [6, 6.07) is 11.6. The van der Waals surface area contributed by atoms with Crippen LogP contribution in [0.5, 0.6) is 0 Å². The molecule has 3 amide bonds. The molecule has 9 heteroatoms. The van der Waals surface area contributed by atoms with Gasteiger partial charge in [-0.15, -0.1) is 0 Å². The van der Waals surface area contributed by atoms with Gasteiger partial charge in [-0.2, -0.15) is 10.4 Å². The van der Waals surface area contributed by atoms with Crippen molar-refractivity contribution in [2.24, 2.45) is 5.41 Å². The van der Waals surface area contributed by atoms with Crippen molar-refractivity contribution in [3.8, 4) is 6.07 Å². The average Bonchev–Trinajstić information content (AvgIpc) is 3.45. The molecule has 1 atom stereocenters. The molecule has 1 aliphatic carbocycles. The van der Waals surface area contributed by atoms with E-state index in [1.54, 1.807) is 4.90 Å². The van der Waals surface area contributed by atoms with E-state index in [4.69, 9.17) is 5.10 Å². The number of imide groups is 1. The summed E-state index contributed by atoms with van der Waals surface area (Å²) in [6.07, 6.45) is 9.36. The summed E-state index contributed by atoms with van der Waals surface area (Å²) >= 11 is 0. The first-order valence-electron chi connectivity index (χ1n) is 14.2. The molecule has 4 aliphatic rings. The van der Waals surface area contributed by atoms with Gasteiger partial charge in [0.05, 0.1) is 28.9 Å². The molecule has 0 radical (unpaired) electrons. The van der Waals surface area contributed by atoms with Gasteiger partial charge in [-0.25, -0.2) is 0 Å². The van der Waals surface area contributed by atoms with Gasteiger partial charge in [-0.1, -0.05) is 18.2 Å². The summed E-state index contributed by atoms with van der Waals surface area (Å²) in [5.41, 5.74) is 3.37. The van der Waals surface area contributed by atoms with Gasteiger partial charge < -0.3 is 4.90 Å². The molecular weight excluding hydrogens is 504 g/mol. The molecule has 1 aromatic heterocycles. The molecule has 3 aliphatic heterocycles.